The van der Waals surface area contributed by atoms with Crippen LogP contribution in [0.25, 0.3) is 22.6 Å². The van der Waals surface area contributed by atoms with E-state index in [0.29, 0.717) is 35.0 Å². The van der Waals surface area contributed by atoms with Crippen LogP contribution < -0.4 is 5.69 Å². The molecule has 32 heavy (non-hydrogen) atoms. The zero-order valence-electron chi connectivity index (χ0n) is 17.8. The predicted octanol–water partition coefficient (Wildman–Crippen LogP) is 4.29. The molecule has 0 radical (unpaired) electrons. The summed E-state index contributed by atoms with van der Waals surface area (Å²) in [6.45, 7) is 2.49. The van der Waals surface area contributed by atoms with Gasteiger partial charge in [0.15, 0.2) is 11.3 Å². The normalized spacial score (nSPS) is 14.0. The number of hydrogen-bond donors (Lipinski definition) is 2. The topological polar surface area (TPSA) is 123 Å². The molecule has 1 aromatic carbocycles. The van der Waals surface area contributed by atoms with Gasteiger partial charge in [-0.25, -0.2) is 19.6 Å². The molecule has 9 nitrogen and oxygen atoms in total. The zero-order valence-corrected chi connectivity index (χ0v) is 18.6. The maximum absolute atomic E-state index is 12.5. The van der Waals surface area contributed by atoms with Gasteiger partial charge in [-0.05, 0) is 37.8 Å². The number of ether oxygens (including phenoxy) is 2. The summed E-state index contributed by atoms with van der Waals surface area (Å²) in [6.07, 6.45) is 6.65. The number of benzene rings is 1. The Hall–Kier alpha value is -3.20. The molecule has 0 saturated heterocycles. The number of aromatic nitrogens is 4. The Labute approximate surface area is 191 Å². The van der Waals surface area contributed by atoms with Crippen molar-refractivity contribution >= 4 is 35.8 Å². The van der Waals surface area contributed by atoms with Crippen LogP contribution in [0.4, 0.5) is 4.79 Å². The van der Waals surface area contributed by atoms with E-state index >= 15 is 0 Å². The molecule has 1 aliphatic carbocycles. The van der Waals surface area contributed by atoms with E-state index in [1.807, 2.05) is 0 Å². The van der Waals surface area contributed by atoms with Crippen LogP contribution in [-0.4, -0.2) is 38.2 Å². The molecule has 0 amide bonds. The van der Waals surface area contributed by atoms with E-state index in [1.165, 1.54) is 19.3 Å². The molecule has 2 N–H and O–H groups in total. The molecule has 0 bridgehead atoms. The van der Waals surface area contributed by atoms with Gasteiger partial charge < -0.3 is 9.47 Å². The highest BCUT2D eigenvalue weighted by molar-refractivity contribution is 5.97. The first-order valence-corrected chi connectivity index (χ1v) is 10.5. The molecule has 4 rings (SSSR count). The minimum Gasteiger partial charge on any atom is -0.434 e. The van der Waals surface area contributed by atoms with E-state index < -0.39 is 6.16 Å². The van der Waals surface area contributed by atoms with Gasteiger partial charge in [0.2, 0.25) is 5.90 Å². The number of fused-ring (bicyclic) bond motifs is 1. The molecule has 0 unspecified atom stereocenters. The zero-order chi connectivity index (χ0) is 21.8. The molecule has 0 aliphatic heterocycles. The van der Waals surface area contributed by atoms with Gasteiger partial charge in [0, 0.05) is 17.7 Å². The highest BCUT2D eigenvalue weighted by Gasteiger charge is 2.18. The number of H-pyrrole nitrogens is 1. The second kappa shape index (κ2) is 10.4. The number of nitrogens with one attached hydrogen (secondary N) is 2. The average molecular weight is 460 g/mol. The standard InChI is InChI=1S/C22H25N5O4.ClH/c1-2-30-22(29)31-18(23)16-10-8-15(9-11-16)17-12-24-19-20(25-17)27(21(28)26-19)13-14-6-4-3-5-7-14;/h8-12,14,23H,2-7,13H2,1H3,(H,24,26,28);1H. The van der Waals surface area contributed by atoms with Crippen molar-refractivity contribution in [2.24, 2.45) is 5.92 Å². The lowest BCUT2D eigenvalue weighted by Crippen LogP contribution is -2.23. The van der Waals surface area contributed by atoms with E-state index in [2.05, 4.69) is 19.7 Å². The Kier molecular flexibility index (Phi) is 7.63. The van der Waals surface area contributed by atoms with Crippen molar-refractivity contribution < 1.29 is 14.3 Å². The monoisotopic (exact) mass is 459 g/mol. The van der Waals surface area contributed by atoms with Crippen molar-refractivity contribution in [1.29, 1.82) is 5.41 Å². The van der Waals surface area contributed by atoms with Crippen LogP contribution in [0.3, 0.4) is 0 Å². The highest BCUT2D eigenvalue weighted by atomic mass is 35.5. The Morgan fingerprint density at radius 1 is 1.22 bits per heavy atom. The number of halogens is 1. The van der Waals surface area contributed by atoms with Gasteiger partial charge in [-0.15, -0.1) is 12.4 Å². The van der Waals surface area contributed by atoms with Crippen molar-refractivity contribution in [3.8, 4) is 11.3 Å². The van der Waals surface area contributed by atoms with E-state index in [9.17, 15) is 9.59 Å². The van der Waals surface area contributed by atoms with Gasteiger partial charge in [-0.2, -0.15) is 0 Å². The van der Waals surface area contributed by atoms with Crippen LogP contribution in [0.1, 0.15) is 44.6 Å². The molecule has 2 heterocycles. The van der Waals surface area contributed by atoms with Crippen LogP contribution in [0.2, 0.25) is 0 Å². The summed E-state index contributed by atoms with van der Waals surface area (Å²) in [5.41, 5.74) is 2.67. The minimum absolute atomic E-state index is 0. The maximum Gasteiger partial charge on any atom is 0.515 e. The van der Waals surface area contributed by atoms with Crippen molar-refractivity contribution in [3.63, 3.8) is 0 Å². The van der Waals surface area contributed by atoms with Crippen molar-refractivity contribution in [2.45, 2.75) is 45.6 Å². The fraction of sp³-hybridized carbons (Fsp3) is 0.409. The number of hydrogen-bond acceptors (Lipinski definition) is 7. The van der Waals surface area contributed by atoms with Crippen LogP contribution in [0.15, 0.2) is 35.3 Å². The molecule has 0 atom stereocenters. The van der Waals surface area contributed by atoms with Crippen molar-refractivity contribution in [3.05, 3.63) is 46.5 Å². The van der Waals surface area contributed by atoms with Crippen molar-refractivity contribution in [2.75, 3.05) is 6.61 Å². The molecule has 1 fully saturated rings. The van der Waals surface area contributed by atoms with Gasteiger partial charge in [-0.1, -0.05) is 31.4 Å². The number of imidazole rings is 1. The number of carbonyl (C=O) groups excluding carboxylic acids is 1. The van der Waals surface area contributed by atoms with Crippen LogP contribution in [0.5, 0.6) is 0 Å². The second-order valence-corrected chi connectivity index (χ2v) is 7.66. The largest absolute Gasteiger partial charge is 0.515 e. The summed E-state index contributed by atoms with van der Waals surface area (Å²) in [4.78, 5) is 35.7. The third-order valence-electron chi connectivity index (χ3n) is 5.54. The van der Waals surface area contributed by atoms with Gasteiger partial charge in [0.05, 0.1) is 18.5 Å². The molecule has 3 aromatic rings. The summed E-state index contributed by atoms with van der Waals surface area (Å²) in [7, 11) is 0. The van der Waals surface area contributed by atoms with E-state index in [4.69, 9.17) is 10.1 Å². The first kappa shape index (κ1) is 23.5. The first-order valence-electron chi connectivity index (χ1n) is 10.5. The molecular weight excluding hydrogens is 434 g/mol. The molecule has 0 spiro atoms. The average Bonchev–Trinajstić information content (AvgIpc) is 3.09. The summed E-state index contributed by atoms with van der Waals surface area (Å²) in [5, 5.41) is 7.88. The minimum atomic E-state index is -0.906. The summed E-state index contributed by atoms with van der Waals surface area (Å²) >= 11 is 0. The Morgan fingerprint density at radius 2 is 1.94 bits per heavy atom. The fourth-order valence-electron chi connectivity index (χ4n) is 3.94. The molecular formula is C22H26ClN5O4. The Balaban J connectivity index is 0.00000289. The van der Waals surface area contributed by atoms with Crippen molar-refractivity contribution in [1.82, 2.24) is 19.5 Å². The maximum atomic E-state index is 12.5. The third kappa shape index (κ3) is 5.16. The Morgan fingerprint density at radius 3 is 2.62 bits per heavy atom. The van der Waals surface area contributed by atoms with Gasteiger partial charge in [0.1, 0.15) is 0 Å². The van der Waals surface area contributed by atoms with E-state index in [1.54, 1.807) is 42.0 Å². The van der Waals surface area contributed by atoms with Crippen LogP contribution in [-0.2, 0) is 16.0 Å². The molecule has 1 saturated carbocycles. The van der Waals surface area contributed by atoms with Gasteiger partial charge >= 0.3 is 11.8 Å². The van der Waals surface area contributed by atoms with E-state index in [0.717, 1.165) is 18.4 Å². The van der Waals surface area contributed by atoms with Gasteiger partial charge in [0.25, 0.3) is 0 Å². The number of carbonyl (C=O) groups is 1. The fourth-order valence-corrected chi connectivity index (χ4v) is 3.94. The molecule has 1 aliphatic rings. The summed E-state index contributed by atoms with van der Waals surface area (Å²) < 4.78 is 11.2. The Bertz CT molecular complexity index is 1150. The number of rotatable bonds is 5. The quantitative estimate of drug-likeness (QED) is 0.333. The lowest BCUT2D eigenvalue weighted by molar-refractivity contribution is 0.100. The second-order valence-electron chi connectivity index (χ2n) is 7.66. The lowest BCUT2D eigenvalue weighted by atomic mass is 9.89. The lowest BCUT2D eigenvalue weighted by Gasteiger charge is -2.21. The van der Waals surface area contributed by atoms with Crippen LogP contribution in [0, 0.1) is 11.3 Å². The summed E-state index contributed by atoms with van der Waals surface area (Å²) in [6, 6.07) is 6.86. The van der Waals surface area contributed by atoms with E-state index in [-0.39, 0.29) is 30.6 Å². The SMILES string of the molecule is CCOC(=O)OC(=N)c1ccc(-c2cnc3[nH]c(=O)n(CC4CCCCC4)c3n2)cc1.Cl. The third-order valence-corrected chi connectivity index (χ3v) is 5.54. The first-order chi connectivity index (χ1) is 15.0. The van der Waals surface area contributed by atoms with Crippen LogP contribution >= 0.6 is 12.4 Å². The molecule has 10 heteroatoms. The smallest absolute Gasteiger partial charge is 0.434 e. The number of nitrogens with zero attached hydrogens (tertiary/aromatic N) is 3. The highest BCUT2D eigenvalue weighted by Crippen LogP contribution is 2.26. The summed E-state index contributed by atoms with van der Waals surface area (Å²) in [5.74, 6) is 0.194. The molecule has 2 aromatic heterocycles. The predicted molar refractivity (Wildman–Crippen MR) is 122 cm³/mol. The molecule has 170 valence electrons. The van der Waals surface area contributed by atoms with Gasteiger partial charge in [-0.3, -0.25) is 15.0 Å². The number of aromatic amines is 1.